The van der Waals surface area contributed by atoms with Crippen LogP contribution < -0.4 is 9.47 Å². The first kappa shape index (κ1) is 25.5. The maximum Gasteiger partial charge on any atom is 0.338 e. The topological polar surface area (TPSA) is 143 Å². The predicted molar refractivity (Wildman–Crippen MR) is 105 cm³/mol. The van der Waals surface area contributed by atoms with Gasteiger partial charge >= 0.3 is 11.9 Å². The summed E-state index contributed by atoms with van der Waals surface area (Å²) < 4.78 is 14.4. The lowest BCUT2D eigenvalue weighted by molar-refractivity contribution is 0.0525. The monoisotopic (exact) mass is 410 g/mol. The molecule has 0 unspecified atom stereocenters. The number of aliphatic hydroxyl groups excluding tert-OH is 1. The van der Waals surface area contributed by atoms with Crippen LogP contribution >= 0.6 is 0 Å². The van der Waals surface area contributed by atoms with Gasteiger partial charge in [0.05, 0.1) is 32.0 Å². The van der Waals surface area contributed by atoms with Crippen LogP contribution in [0.15, 0.2) is 36.4 Å². The molecule has 4 N–H and O–H groups in total. The summed E-state index contributed by atoms with van der Waals surface area (Å²) in [4.78, 5) is 21.7. The lowest BCUT2D eigenvalue weighted by Crippen LogP contribution is -2.04. The van der Waals surface area contributed by atoms with E-state index in [0.29, 0.717) is 12.2 Å². The first-order valence-corrected chi connectivity index (χ1v) is 8.50. The van der Waals surface area contributed by atoms with Crippen molar-refractivity contribution in [3.63, 3.8) is 0 Å². The molecular weight excluding hydrogens is 384 g/mol. The van der Waals surface area contributed by atoms with Crippen LogP contribution in [0.5, 0.6) is 23.0 Å². The van der Waals surface area contributed by atoms with E-state index in [1.54, 1.807) is 13.8 Å². The molecule has 9 nitrogen and oxygen atoms in total. The number of aromatic carboxylic acids is 1. The molecule has 0 radical (unpaired) electrons. The van der Waals surface area contributed by atoms with Gasteiger partial charge in [0.25, 0.3) is 0 Å². The Hall–Kier alpha value is -3.46. The molecular formula is C20H26O9. The number of benzene rings is 2. The number of methoxy groups -OCH3 is 2. The second-order valence-corrected chi connectivity index (χ2v) is 5.12. The molecule has 0 heterocycles. The minimum Gasteiger partial charge on any atom is -0.504 e. The highest BCUT2D eigenvalue weighted by Gasteiger charge is 2.10. The maximum atomic E-state index is 11.3. The number of carboxylic acid groups (broad SMARTS) is 1. The van der Waals surface area contributed by atoms with Gasteiger partial charge in [-0.2, -0.15) is 0 Å². The Bertz CT molecular complexity index is 788. The third-order valence-electron chi connectivity index (χ3n) is 3.12. The van der Waals surface area contributed by atoms with E-state index in [0.717, 1.165) is 0 Å². The SMILES string of the molecule is CCO.CCOC(=O)c1ccc(O)c(OC)c1.COc1cc(C(=O)O)ccc1O. The standard InChI is InChI=1S/C10H12O4.C8H8O4.C2H6O/c1-3-14-10(12)7-4-5-8(11)9(6-7)13-2;1-12-7-4-5(8(10)11)2-3-6(7)9;1-2-3/h4-6,11H,3H2,1-2H3;2-4,9H,1H3,(H,10,11);3H,2H2,1H3. The van der Waals surface area contributed by atoms with E-state index in [2.05, 4.69) is 0 Å². The van der Waals surface area contributed by atoms with Crippen molar-refractivity contribution in [1.82, 2.24) is 0 Å². The Morgan fingerprint density at radius 1 is 0.862 bits per heavy atom. The zero-order chi connectivity index (χ0) is 22.4. The first-order valence-electron chi connectivity index (χ1n) is 8.50. The van der Waals surface area contributed by atoms with Crippen LogP contribution in [0.1, 0.15) is 34.6 Å². The Balaban J connectivity index is 0.000000481. The molecule has 0 aliphatic heterocycles. The van der Waals surface area contributed by atoms with E-state index in [-0.39, 0.29) is 35.2 Å². The van der Waals surface area contributed by atoms with Gasteiger partial charge in [0, 0.05) is 6.61 Å². The van der Waals surface area contributed by atoms with E-state index < -0.39 is 11.9 Å². The minimum absolute atomic E-state index is 0.000508. The Kier molecular flexibility index (Phi) is 12.0. The number of ether oxygens (including phenoxy) is 3. The number of phenols is 2. The second-order valence-electron chi connectivity index (χ2n) is 5.12. The van der Waals surface area contributed by atoms with Gasteiger partial charge in [0.2, 0.25) is 0 Å². The van der Waals surface area contributed by atoms with E-state index >= 15 is 0 Å². The number of carboxylic acids is 1. The van der Waals surface area contributed by atoms with Gasteiger partial charge in [-0.25, -0.2) is 9.59 Å². The molecule has 2 rings (SSSR count). The fraction of sp³-hybridized carbons (Fsp3) is 0.300. The highest BCUT2D eigenvalue weighted by molar-refractivity contribution is 5.90. The van der Waals surface area contributed by atoms with E-state index in [4.69, 9.17) is 29.5 Å². The molecule has 0 spiro atoms. The number of carbonyl (C=O) groups is 2. The van der Waals surface area contributed by atoms with E-state index in [9.17, 15) is 14.7 Å². The van der Waals surface area contributed by atoms with Crippen molar-refractivity contribution < 1.29 is 44.2 Å². The number of aromatic hydroxyl groups is 2. The third kappa shape index (κ3) is 8.85. The quantitative estimate of drug-likeness (QED) is 0.547. The summed E-state index contributed by atoms with van der Waals surface area (Å²) in [6.07, 6.45) is 0. The van der Waals surface area contributed by atoms with E-state index in [1.807, 2.05) is 0 Å². The fourth-order valence-electron chi connectivity index (χ4n) is 1.83. The number of hydrogen-bond acceptors (Lipinski definition) is 8. The normalized spacial score (nSPS) is 9.14. The lowest BCUT2D eigenvalue weighted by atomic mass is 10.2. The number of hydrogen-bond donors (Lipinski definition) is 4. The Morgan fingerprint density at radius 2 is 1.28 bits per heavy atom. The molecule has 29 heavy (non-hydrogen) atoms. The smallest absolute Gasteiger partial charge is 0.338 e. The molecule has 2 aromatic rings. The van der Waals surface area contributed by atoms with Crippen molar-refractivity contribution >= 4 is 11.9 Å². The largest absolute Gasteiger partial charge is 0.504 e. The third-order valence-corrected chi connectivity index (χ3v) is 3.12. The highest BCUT2D eigenvalue weighted by Crippen LogP contribution is 2.27. The molecule has 0 amide bonds. The van der Waals surface area contributed by atoms with Gasteiger partial charge in [-0.15, -0.1) is 0 Å². The van der Waals surface area contributed by atoms with Gasteiger partial charge in [-0.3, -0.25) is 0 Å². The summed E-state index contributed by atoms with van der Waals surface area (Å²) in [6, 6.07) is 8.16. The maximum absolute atomic E-state index is 11.3. The first-order chi connectivity index (χ1) is 13.7. The van der Waals surface area contributed by atoms with Crippen molar-refractivity contribution in [1.29, 1.82) is 0 Å². The van der Waals surface area contributed by atoms with Crippen LogP contribution in [-0.2, 0) is 4.74 Å². The number of aliphatic hydroxyl groups is 1. The average Bonchev–Trinajstić information content (AvgIpc) is 2.69. The van der Waals surface area contributed by atoms with Crippen molar-refractivity contribution in [3.8, 4) is 23.0 Å². The predicted octanol–water partition coefficient (Wildman–Crippen LogP) is 2.68. The van der Waals surface area contributed by atoms with Gasteiger partial charge in [-0.1, -0.05) is 0 Å². The lowest BCUT2D eigenvalue weighted by Gasteiger charge is -2.05. The van der Waals surface area contributed by atoms with Gasteiger partial charge in [0.15, 0.2) is 23.0 Å². The molecule has 0 fully saturated rings. The summed E-state index contributed by atoms with van der Waals surface area (Å²) in [7, 11) is 2.78. The summed E-state index contributed by atoms with van der Waals surface area (Å²) in [5.41, 5.74) is 0.450. The minimum atomic E-state index is -1.05. The molecule has 0 atom stereocenters. The van der Waals surface area contributed by atoms with Gasteiger partial charge in [0.1, 0.15) is 0 Å². The highest BCUT2D eigenvalue weighted by atomic mass is 16.5. The van der Waals surface area contributed by atoms with Crippen molar-refractivity contribution in [2.45, 2.75) is 13.8 Å². The zero-order valence-corrected chi connectivity index (χ0v) is 16.7. The number of phenolic OH excluding ortho intramolecular Hbond substituents is 2. The van der Waals surface area contributed by atoms with Crippen molar-refractivity contribution in [2.24, 2.45) is 0 Å². The number of esters is 1. The summed E-state index contributed by atoms with van der Waals surface area (Å²) >= 11 is 0. The Morgan fingerprint density at radius 3 is 1.66 bits per heavy atom. The molecule has 2 aromatic carbocycles. The van der Waals surface area contributed by atoms with Crippen LogP contribution in [0, 0.1) is 0 Å². The van der Waals surface area contributed by atoms with Crippen LogP contribution in [0.3, 0.4) is 0 Å². The molecule has 9 heteroatoms. The Labute approximate surface area is 168 Å². The van der Waals surface area contributed by atoms with Gasteiger partial charge < -0.3 is 34.6 Å². The molecule has 0 saturated carbocycles. The summed E-state index contributed by atoms with van der Waals surface area (Å²) in [6.45, 7) is 3.98. The molecule has 0 bridgehead atoms. The summed E-state index contributed by atoms with van der Waals surface area (Å²) in [5.74, 6) is -1.12. The number of rotatable bonds is 5. The average molecular weight is 410 g/mol. The van der Waals surface area contributed by atoms with Gasteiger partial charge in [-0.05, 0) is 50.2 Å². The molecule has 0 aliphatic carbocycles. The van der Waals surface area contributed by atoms with Crippen LogP contribution in [0.2, 0.25) is 0 Å². The zero-order valence-electron chi connectivity index (χ0n) is 16.7. The summed E-state index contributed by atoms with van der Waals surface area (Å²) in [5, 5.41) is 34.5. The van der Waals surface area contributed by atoms with Crippen LogP contribution in [0.4, 0.5) is 0 Å². The molecule has 0 aromatic heterocycles. The van der Waals surface area contributed by atoms with Crippen molar-refractivity contribution in [2.75, 3.05) is 27.4 Å². The van der Waals surface area contributed by atoms with Crippen molar-refractivity contribution in [3.05, 3.63) is 47.5 Å². The molecule has 0 aliphatic rings. The second kappa shape index (κ2) is 13.7. The van der Waals surface area contributed by atoms with E-state index in [1.165, 1.54) is 50.6 Å². The fourth-order valence-corrected chi connectivity index (χ4v) is 1.83. The van der Waals surface area contributed by atoms with Crippen LogP contribution in [-0.4, -0.2) is 59.8 Å². The van der Waals surface area contributed by atoms with Crippen LogP contribution in [0.25, 0.3) is 0 Å². The molecule has 160 valence electrons. The number of carbonyl (C=O) groups excluding carboxylic acids is 1. The molecule has 0 saturated heterocycles.